The Bertz CT molecular complexity index is 934. The van der Waals surface area contributed by atoms with Crippen LogP contribution in [0.25, 0.3) is 11.5 Å². The van der Waals surface area contributed by atoms with Gasteiger partial charge in [0.1, 0.15) is 0 Å². The highest BCUT2D eigenvalue weighted by molar-refractivity contribution is 7.13. The minimum Gasteiger partial charge on any atom is -0.479 e. The molecule has 0 amide bonds. The van der Waals surface area contributed by atoms with E-state index in [1.54, 1.807) is 36.6 Å². The first kappa shape index (κ1) is 18.1. The van der Waals surface area contributed by atoms with Gasteiger partial charge in [-0.05, 0) is 31.2 Å². The summed E-state index contributed by atoms with van der Waals surface area (Å²) in [6.07, 6.45) is 1.45. The Morgan fingerprint density at radius 3 is 2.88 bits per heavy atom. The van der Waals surface area contributed by atoms with Crippen molar-refractivity contribution in [3.05, 3.63) is 46.1 Å². The molecule has 0 bridgehead atoms. The van der Waals surface area contributed by atoms with Crippen LogP contribution in [-0.4, -0.2) is 33.9 Å². The fraction of sp³-hybridized carbons (Fsp3) is 0.176. The third-order valence-electron chi connectivity index (χ3n) is 3.19. The molecule has 3 rings (SSSR count). The topological polar surface area (TPSA) is 97.8 Å². The van der Waals surface area contributed by atoms with Gasteiger partial charge in [0.2, 0.25) is 11.0 Å². The summed E-state index contributed by atoms with van der Waals surface area (Å²) in [5, 5.41) is 12.6. The van der Waals surface area contributed by atoms with Crippen LogP contribution in [0, 0.1) is 0 Å². The number of halogens is 1. The van der Waals surface area contributed by atoms with Gasteiger partial charge in [0, 0.05) is 16.0 Å². The lowest BCUT2D eigenvalue weighted by Gasteiger charge is -1.97. The van der Waals surface area contributed by atoms with E-state index in [0.29, 0.717) is 28.0 Å². The number of carbonyl (C=O) groups is 1. The summed E-state index contributed by atoms with van der Waals surface area (Å²) >= 11 is 7.12. The van der Waals surface area contributed by atoms with E-state index in [-0.39, 0.29) is 29.9 Å². The SMILES string of the molecule is CCOC(=O)Cc1csc(N=Cc2nc(-c3ccc(Cl)cc3)oc2O)n1. The molecule has 0 fully saturated rings. The Labute approximate surface area is 158 Å². The number of aromatic hydroxyl groups is 1. The Morgan fingerprint density at radius 2 is 2.15 bits per heavy atom. The van der Waals surface area contributed by atoms with Crippen LogP contribution in [0.5, 0.6) is 5.95 Å². The summed E-state index contributed by atoms with van der Waals surface area (Å²) in [5.41, 5.74) is 1.43. The van der Waals surface area contributed by atoms with Gasteiger partial charge in [-0.25, -0.2) is 15.0 Å². The van der Waals surface area contributed by atoms with Crippen LogP contribution in [-0.2, 0) is 16.0 Å². The molecule has 1 N–H and O–H groups in total. The second-order valence-electron chi connectivity index (χ2n) is 5.08. The first-order valence-corrected chi connectivity index (χ1v) is 8.90. The van der Waals surface area contributed by atoms with Crippen molar-refractivity contribution in [1.82, 2.24) is 9.97 Å². The van der Waals surface area contributed by atoms with Crippen LogP contribution in [0.3, 0.4) is 0 Å². The summed E-state index contributed by atoms with van der Waals surface area (Å²) in [6.45, 7) is 2.08. The van der Waals surface area contributed by atoms with Crippen molar-refractivity contribution in [2.24, 2.45) is 4.99 Å². The highest BCUT2D eigenvalue weighted by Crippen LogP contribution is 2.27. The number of carbonyl (C=O) groups excluding carboxylic acids is 1. The van der Waals surface area contributed by atoms with E-state index < -0.39 is 0 Å². The molecular weight excluding hydrogens is 378 g/mol. The maximum absolute atomic E-state index is 11.4. The molecule has 0 unspecified atom stereocenters. The summed E-state index contributed by atoms with van der Waals surface area (Å²) in [6, 6.07) is 6.87. The lowest BCUT2D eigenvalue weighted by atomic mass is 10.2. The molecule has 0 aliphatic heterocycles. The van der Waals surface area contributed by atoms with E-state index in [1.807, 2.05) is 0 Å². The quantitative estimate of drug-likeness (QED) is 0.503. The van der Waals surface area contributed by atoms with Gasteiger partial charge in [0.15, 0.2) is 5.69 Å². The first-order valence-electron chi connectivity index (χ1n) is 7.65. The Kier molecular flexibility index (Phi) is 5.65. The Morgan fingerprint density at radius 1 is 1.38 bits per heavy atom. The van der Waals surface area contributed by atoms with E-state index in [1.165, 1.54) is 17.6 Å². The molecule has 2 heterocycles. The maximum Gasteiger partial charge on any atom is 0.312 e. The molecule has 7 nitrogen and oxygen atoms in total. The lowest BCUT2D eigenvalue weighted by molar-refractivity contribution is -0.142. The zero-order valence-corrected chi connectivity index (χ0v) is 15.3. The Balaban J connectivity index is 1.72. The second kappa shape index (κ2) is 8.11. The molecule has 0 aliphatic carbocycles. The first-order chi connectivity index (χ1) is 12.5. The van der Waals surface area contributed by atoms with Crippen LogP contribution in [0.1, 0.15) is 18.3 Å². The third kappa shape index (κ3) is 4.47. The standard InChI is InChI=1S/C17H14ClN3O4S/c1-2-24-14(22)7-12-9-26-17(20-12)19-8-13-16(23)25-15(21-13)10-3-5-11(18)6-4-10/h3-6,8-9,23H,2,7H2,1H3. The van der Waals surface area contributed by atoms with Crippen molar-refractivity contribution in [2.75, 3.05) is 6.61 Å². The van der Waals surface area contributed by atoms with Crippen LogP contribution in [0.2, 0.25) is 5.02 Å². The van der Waals surface area contributed by atoms with Crippen molar-refractivity contribution >= 4 is 40.3 Å². The third-order valence-corrected chi connectivity index (χ3v) is 4.24. The monoisotopic (exact) mass is 391 g/mol. The van der Waals surface area contributed by atoms with E-state index in [0.717, 1.165) is 0 Å². The minimum atomic E-state index is -0.345. The molecular formula is C17H14ClN3O4S. The largest absolute Gasteiger partial charge is 0.479 e. The number of thiazole rings is 1. The number of ether oxygens (including phenoxy) is 1. The van der Waals surface area contributed by atoms with E-state index >= 15 is 0 Å². The molecule has 134 valence electrons. The van der Waals surface area contributed by atoms with Gasteiger partial charge in [-0.1, -0.05) is 11.6 Å². The number of nitrogens with zero attached hydrogens (tertiary/aromatic N) is 3. The molecule has 0 atom stereocenters. The molecule has 1 aromatic carbocycles. The Hall–Kier alpha value is -2.71. The molecule has 0 aliphatic rings. The van der Waals surface area contributed by atoms with Crippen molar-refractivity contribution in [3.8, 4) is 17.4 Å². The van der Waals surface area contributed by atoms with E-state index in [9.17, 15) is 9.90 Å². The molecule has 26 heavy (non-hydrogen) atoms. The summed E-state index contributed by atoms with van der Waals surface area (Å²) in [5.74, 6) is -0.431. The van der Waals surface area contributed by atoms with Crippen LogP contribution in [0.15, 0.2) is 39.1 Å². The minimum absolute atomic E-state index is 0.0930. The van der Waals surface area contributed by atoms with Gasteiger partial charge < -0.3 is 14.3 Å². The normalized spacial score (nSPS) is 11.2. The van der Waals surface area contributed by atoms with Crippen molar-refractivity contribution < 1.29 is 19.1 Å². The van der Waals surface area contributed by atoms with Crippen molar-refractivity contribution in [1.29, 1.82) is 0 Å². The molecule has 0 radical (unpaired) electrons. The van der Waals surface area contributed by atoms with Crippen molar-refractivity contribution in [3.63, 3.8) is 0 Å². The fourth-order valence-corrected chi connectivity index (χ4v) is 2.82. The van der Waals surface area contributed by atoms with Crippen LogP contribution >= 0.6 is 22.9 Å². The zero-order valence-electron chi connectivity index (χ0n) is 13.7. The van der Waals surface area contributed by atoms with Gasteiger partial charge >= 0.3 is 11.9 Å². The summed E-state index contributed by atoms with van der Waals surface area (Å²) in [7, 11) is 0. The highest BCUT2D eigenvalue weighted by Gasteiger charge is 2.13. The van der Waals surface area contributed by atoms with E-state index in [4.69, 9.17) is 20.8 Å². The maximum atomic E-state index is 11.4. The number of oxazole rings is 1. The molecule has 9 heteroatoms. The molecule has 3 aromatic rings. The predicted octanol–water partition coefficient (Wildman–Crippen LogP) is 4.01. The number of rotatable bonds is 6. The average molecular weight is 392 g/mol. The molecule has 2 aromatic heterocycles. The number of esters is 1. The summed E-state index contributed by atoms with van der Waals surface area (Å²) in [4.78, 5) is 24.0. The van der Waals surface area contributed by atoms with E-state index in [2.05, 4.69) is 15.0 Å². The van der Waals surface area contributed by atoms with Crippen LogP contribution < -0.4 is 0 Å². The van der Waals surface area contributed by atoms with Gasteiger partial charge in [-0.3, -0.25) is 4.79 Å². The molecule has 0 saturated carbocycles. The van der Waals surface area contributed by atoms with Crippen molar-refractivity contribution in [2.45, 2.75) is 13.3 Å². The number of benzene rings is 1. The van der Waals surface area contributed by atoms with Gasteiger partial charge in [0.25, 0.3) is 0 Å². The van der Waals surface area contributed by atoms with Gasteiger partial charge in [-0.15, -0.1) is 11.3 Å². The van der Waals surface area contributed by atoms with Gasteiger partial charge in [0.05, 0.1) is 24.9 Å². The average Bonchev–Trinajstić information content (AvgIpc) is 3.20. The lowest BCUT2D eigenvalue weighted by Crippen LogP contribution is -2.07. The predicted molar refractivity (Wildman–Crippen MR) is 98.3 cm³/mol. The fourth-order valence-electron chi connectivity index (χ4n) is 2.04. The number of aromatic nitrogens is 2. The smallest absolute Gasteiger partial charge is 0.312 e. The summed E-state index contributed by atoms with van der Waals surface area (Å²) < 4.78 is 10.1. The number of hydrogen-bond donors (Lipinski definition) is 1. The number of hydrogen-bond acceptors (Lipinski definition) is 8. The van der Waals surface area contributed by atoms with Gasteiger partial charge in [-0.2, -0.15) is 0 Å². The molecule has 0 spiro atoms. The number of aliphatic imine (C=N–C) groups is 1. The van der Waals surface area contributed by atoms with Crippen LogP contribution in [0.4, 0.5) is 5.13 Å². The zero-order chi connectivity index (χ0) is 18.5. The molecule has 0 saturated heterocycles. The highest BCUT2D eigenvalue weighted by atomic mass is 35.5. The second-order valence-corrected chi connectivity index (χ2v) is 6.35.